The number of nitrogens with zero attached hydrogens (tertiary/aromatic N) is 1. The van der Waals surface area contributed by atoms with Gasteiger partial charge >= 0.3 is 10.7 Å². The molecule has 0 bridgehead atoms. The minimum atomic E-state index is -3.66. The number of aliphatic imine (C=N–C) groups is 1. The Labute approximate surface area is 79.7 Å². The fourth-order valence-electron chi connectivity index (χ4n) is 0.611. The zero-order chi connectivity index (χ0) is 10.1. The minimum Gasteiger partial charge on any atom is -0.295 e. The van der Waals surface area contributed by atoms with Crippen molar-refractivity contribution in [3.63, 3.8) is 0 Å². The number of rotatable bonds is 1. The molecule has 0 fully saturated rings. The number of halogens is 3. The highest BCUT2D eigenvalue weighted by atomic mass is 79.9. The Bertz CT molecular complexity index is 286. The molecule has 2 amide bonds. The van der Waals surface area contributed by atoms with Gasteiger partial charge in [0, 0.05) is 15.9 Å². The van der Waals surface area contributed by atoms with Crippen LogP contribution in [0.2, 0.25) is 0 Å². The number of nitrogens with one attached hydrogen (secondary N) is 2. The van der Waals surface area contributed by atoms with Gasteiger partial charge in [-0.25, -0.2) is 4.99 Å². The van der Waals surface area contributed by atoms with E-state index in [4.69, 9.17) is 0 Å². The van der Waals surface area contributed by atoms with Gasteiger partial charge in [0.25, 0.3) is 0 Å². The molecule has 5 nitrogen and oxygen atoms in total. The lowest BCUT2D eigenvalue weighted by Gasteiger charge is -2.08. The maximum atomic E-state index is 12.2. The number of carbonyl (C=O) groups excluding carboxylic acids is 2. The Balaban J connectivity index is 2.51. The van der Waals surface area contributed by atoms with Crippen LogP contribution in [0.5, 0.6) is 0 Å². The van der Waals surface area contributed by atoms with Gasteiger partial charge in [-0.2, -0.15) is 8.78 Å². The van der Waals surface area contributed by atoms with E-state index in [1.807, 2.05) is 15.9 Å². The van der Waals surface area contributed by atoms with Gasteiger partial charge in [-0.1, -0.05) is 0 Å². The van der Waals surface area contributed by atoms with Gasteiger partial charge in [0.15, 0.2) is 0 Å². The van der Waals surface area contributed by atoms with Crippen LogP contribution in [0, 0.1) is 0 Å². The lowest BCUT2D eigenvalue weighted by atomic mass is 10.6. The van der Waals surface area contributed by atoms with Crippen molar-refractivity contribution in [1.29, 1.82) is 0 Å². The molecule has 0 atom stereocenters. The molecule has 0 aliphatic carbocycles. The van der Waals surface area contributed by atoms with Gasteiger partial charge < -0.3 is 0 Å². The van der Waals surface area contributed by atoms with Gasteiger partial charge in [-0.3, -0.25) is 20.2 Å². The van der Waals surface area contributed by atoms with E-state index < -0.39 is 16.6 Å². The summed E-state index contributed by atoms with van der Waals surface area (Å²) in [6.07, 6.45) is 0. The number of alkyl halides is 3. The molecule has 0 aromatic rings. The van der Waals surface area contributed by atoms with Gasteiger partial charge in [0.05, 0.1) is 0 Å². The summed E-state index contributed by atoms with van der Waals surface area (Å²) in [5.41, 5.74) is 0. The van der Waals surface area contributed by atoms with E-state index in [9.17, 15) is 18.4 Å². The molecule has 0 spiro atoms. The molecule has 8 heteroatoms. The molecule has 0 unspecified atom stereocenters. The third-order valence-corrected chi connectivity index (χ3v) is 1.49. The third kappa shape index (κ3) is 2.72. The Morgan fingerprint density at radius 2 is 2.31 bits per heavy atom. The lowest BCUT2D eigenvalue weighted by Crippen LogP contribution is -2.45. The number of hydrogen-bond acceptors (Lipinski definition) is 3. The Kier molecular flexibility index (Phi) is 2.60. The molecule has 0 radical (unpaired) electrons. The van der Waals surface area contributed by atoms with Crippen molar-refractivity contribution >= 4 is 33.7 Å². The van der Waals surface area contributed by atoms with E-state index >= 15 is 0 Å². The van der Waals surface area contributed by atoms with Crippen LogP contribution in [0.4, 0.5) is 8.78 Å². The van der Waals surface area contributed by atoms with Crippen molar-refractivity contribution in [2.45, 2.75) is 4.83 Å². The predicted molar refractivity (Wildman–Crippen MR) is 42.5 cm³/mol. The number of guanidine groups is 1. The number of hydrogen-bond donors (Lipinski definition) is 2. The Hall–Kier alpha value is -1.05. The van der Waals surface area contributed by atoms with Crippen LogP contribution in [0.25, 0.3) is 0 Å². The highest BCUT2D eigenvalue weighted by Crippen LogP contribution is 2.21. The smallest absolute Gasteiger partial charge is 0.295 e. The first kappa shape index (κ1) is 10.0. The molecule has 1 heterocycles. The van der Waals surface area contributed by atoms with Crippen molar-refractivity contribution in [1.82, 2.24) is 10.6 Å². The fourth-order valence-corrected chi connectivity index (χ4v) is 0.710. The van der Waals surface area contributed by atoms with Crippen LogP contribution in [0.1, 0.15) is 0 Å². The van der Waals surface area contributed by atoms with E-state index in [-0.39, 0.29) is 12.5 Å². The summed E-state index contributed by atoms with van der Waals surface area (Å²) in [4.78, 5) is 20.9. The number of carbonyl (C=O) groups is 2. The van der Waals surface area contributed by atoms with Crippen molar-refractivity contribution in [3.8, 4) is 0 Å². The van der Waals surface area contributed by atoms with Crippen LogP contribution < -0.4 is 10.6 Å². The van der Waals surface area contributed by atoms with Crippen molar-refractivity contribution < 1.29 is 18.4 Å². The average molecular weight is 256 g/mol. The number of amides is 2. The molecule has 1 aliphatic rings. The normalized spacial score (nSPS) is 16.5. The molecule has 0 saturated carbocycles. The standard InChI is InChI=1S/C5H4BrF2N3O2/c6-5(7,8)3(13)11-4-9-1-2(12)10-4/h1H2,(H2,9,10,11,12,13). The molecular weight excluding hydrogens is 252 g/mol. The summed E-state index contributed by atoms with van der Waals surface area (Å²) in [5, 5.41) is 3.81. The van der Waals surface area contributed by atoms with Crippen LogP contribution in [-0.2, 0) is 9.59 Å². The lowest BCUT2D eigenvalue weighted by molar-refractivity contribution is -0.132. The minimum absolute atomic E-state index is 0.163. The van der Waals surface area contributed by atoms with Crippen molar-refractivity contribution in [2.75, 3.05) is 6.54 Å². The summed E-state index contributed by atoms with van der Waals surface area (Å²) in [6.45, 7) is -0.163. The summed E-state index contributed by atoms with van der Waals surface area (Å²) < 4.78 is 24.4. The highest BCUT2D eigenvalue weighted by molar-refractivity contribution is 9.10. The summed E-state index contributed by atoms with van der Waals surface area (Å²) in [7, 11) is 0. The molecule has 13 heavy (non-hydrogen) atoms. The van der Waals surface area contributed by atoms with Crippen LogP contribution in [0.15, 0.2) is 4.99 Å². The molecule has 72 valence electrons. The molecule has 1 rings (SSSR count). The van der Waals surface area contributed by atoms with E-state index in [1.165, 1.54) is 0 Å². The van der Waals surface area contributed by atoms with E-state index in [0.29, 0.717) is 0 Å². The van der Waals surface area contributed by atoms with E-state index in [2.05, 4.69) is 10.3 Å². The van der Waals surface area contributed by atoms with E-state index in [0.717, 1.165) is 0 Å². The van der Waals surface area contributed by atoms with Crippen molar-refractivity contribution in [3.05, 3.63) is 0 Å². The molecule has 0 aromatic heterocycles. The zero-order valence-corrected chi connectivity index (χ0v) is 7.69. The highest BCUT2D eigenvalue weighted by Gasteiger charge is 2.36. The first-order valence-corrected chi connectivity index (χ1v) is 3.91. The second kappa shape index (κ2) is 3.36. The average Bonchev–Trinajstić information content (AvgIpc) is 2.33. The third-order valence-electron chi connectivity index (χ3n) is 1.13. The summed E-state index contributed by atoms with van der Waals surface area (Å²) in [6, 6.07) is 0. The molecule has 1 aliphatic heterocycles. The maximum Gasteiger partial charge on any atom is 0.378 e. The van der Waals surface area contributed by atoms with Gasteiger partial charge in [0.1, 0.15) is 6.54 Å². The van der Waals surface area contributed by atoms with Crippen molar-refractivity contribution in [2.24, 2.45) is 4.99 Å². The second-order valence-corrected chi connectivity index (χ2v) is 3.16. The van der Waals surface area contributed by atoms with Gasteiger partial charge in [-0.15, -0.1) is 0 Å². The molecule has 0 aromatic carbocycles. The van der Waals surface area contributed by atoms with Crippen LogP contribution in [0.3, 0.4) is 0 Å². The zero-order valence-electron chi connectivity index (χ0n) is 6.10. The summed E-state index contributed by atoms with van der Waals surface area (Å²) >= 11 is 1.85. The largest absolute Gasteiger partial charge is 0.378 e. The van der Waals surface area contributed by atoms with Gasteiger partial charge in [0.2, 0.25) is 11.9 Å². The molecule has 0 saturated heterocycles. The maximum absolute atomic E-state index is 12.2. The monoisotopic (exact) mass is 255 g/mol. The quantitative estimate of drug-likeness (QED) is 0.625. The van der Waals surface area contributed by atoms with Gasteiger partial charge in [-0.05, 0) is 0 Å². The predicted octanol–water partition coefficient (Wildman–Crippen LogP) is -0.424. The van der Waals surface area contributed by atoms with E-state index in [1.54, 1.807) is 5.32 Å². The first-order chi connectivity index (χ1) is 5.89. The topological polar surface area (TPSA) is 70.6 Å². The molecular formula is C5H4BrF2N3O2. The first-order valence-electron chi connectivity index (χ1n) is 3.12. The van der Waals surface area contributed by atoms with Crippen LogP contribution >= 0.6 is 15.9 Å². The fraction of sp³-hybridized carbons (Fsp3) is 0.400. The summed E-state index contributed by atoms with van der Waals surface area (Å²) in [5.74, 6) is -2.28. The Morgan fingerprint density at radius 3 is 2.69 bits per heavy atom. The molecule has 2 N–H and O–H groups in total. The Morgan fingerprint density at radius 1 is 1.69 bits per heavy atom. The second-order valence-electron chi connectivity index (χ2n) is 2.16. The SMILES string of the molecule is O=C1CN=C(NC(=O)C(F)(F)Br)N1. The van der Waals surface area contributed by atoms with Crippen LogP contribution in [-0.4, -0.2) is 29.2 Å².